The maximum atomic E-state index is 13.0. The van der Waals surface area contributed by atoms with Crippen LogP contribution in [0.25, 0.3) is 0 Å². The second-order valence-electron chi connectivity index (χ2n) is 6.45. The Morgan fingerprint density at radius 3 is 2.57 bits per heavy atom. The molecule has 3 rings (SSSR count). The van der Waals surface area contributed by atoms with E-state index >= 15 is 0 Å². The first-order valence-electron chi connectivity index (χ1n) is 8.88. The number of aromatic hydroxyl groups is 1. The van der Waals surface area contributed by atoms with Crippen molar-refractivity contribution in [3.8, 4) is 5.75 Å². The van der Waals surface area contributed by atoms with E-state index in [0.717, 1.165) is 5.56 Å². The van der Waals surface area contributed by atoms with Gasteiger partial charge in [-0.1, -0.05) is 48.0 Å². The lowest BCUT2D eigenvalue weighted by Gasteiger charge is -2.11. The van der Waals surface area contributed by atoms with Crippen LogP contribution < -0.4 is 11.1 Å². The molecule has 0 saturated carbocycles. The van der Waals surface area contributed by atoms with Crippen LogP contribution in [-0.2, 0) is 15.8 Å². The largest absolute Gasteiger partial charge is 0.508 e. The highest BCUT2D eigenvalue weighted by Crippen LogP contribution is 2.34. The average Bonchev–Trinajstić information content (AvgIpc) is 2.68. The zero-order valence-corrected chi connectivity index (χ0v) is 18.4. The number of nitrogens with two attached hydrogens (primary N) is 1. The normalized spacial score (nSPS) is 12.0. The Morgan fingerprint density at radius 2 is 1.87 bits per heavy atom. The number of sulfonamides is 1. The summed E-state index contributed by atoms with van der Waals surface area (Å²) in [5.74, 6) is 0.277. The molecule has 0 fully saturated rings. The number of hydrogen-bond acceptors (Lipinski definition) is 4. The molecule has 0 aliphatic carbocycles. The third-order valence-electron chi connectivity index (χ3n) is 4.08. The van der Waals surface area contributed by atoms with Gasteiger partial charge in [0.05, 0.1) is 0 Å². The highest BCUT2D eigenvalue weighted by atomic mass is 35.5. The summed E-state index contributed by atoms with van der Waals surface area (Å²) in [6, 6.07) is 18.9. The highest BCUT2D eigenvalue weighted by molar-refractivity contribution is 7.99. The van der Waals surface area contributed by atoms with Gasteiger partial charge in [-0.2, -0.15) is 8.42 Å². The van der Waals surface area contributed by atoms with Gasteiger partial charge in [0.2, 0.25) is 5.96 Å². The number of anilines is 1. The number of aryl methyl sites for hydroxylation is 1. The number of benzene rings is 3. The fourth-order valence-electron chi connectivity index (χ4n) is 2.62. The maximum Gasteiger partial charge on any atom is 0.286 e. The van der Waals surface area contributed by atoms with E-state index in [-0.39, 0.29) is 16.6 Å². The SMILES string of the molecule is Cc1cc(S(=O)(=O)/N=C(\N)Nc2cccc(O)c2)c(SCc2ccccc2)cc1Cl. The van der Waals surface area contributed by atoms with Gasteiger partial charge in [0.25, 0.3) is 10.0 Å². The first kappa shape index (κ1) is 22.0. The van der Waals surface area contributed by atoms with Gasteiger partial charge in [0.1, 0.15) is 10.6 Å². The molecule has 0 spiro atoms. The van der Waals surface area contributed by atoms with Gasteiger partial charge in [0, 0.05) is 27.4 Å². The van der Waals surface area contributed by atoms with E-state index in [4.69, 9.17) is 17.3 Å². The predicted octanol–water partition coefficient (Wildman–Crippen LogP) is 4.76. The first-order chi connectivity index (χ1) is 14.2. The highest BCUT2D eigenvalue weighted by Gasteiger charge is 2.21. The third kappa shape index (κ3) is 5.69. The van der Waals surface area contributed by atoms with Crippen LogP contribution in [0.4, 0.5) is 5.69 Å². The molecule has 0 saturated heterocycles. The van der Waals surface area contributed by atoms with Gasteiger partial charge in [-0.3, -0.25) is 0 Å². The predicted molar refractivity (Wildman–Crippen MR) is 123 cm³/mol. The molecule has 0 bridgehead atoms. The molecule has 3 aromatic rings. The minimum Gasteiger partial charge on any atom is -0.508 e. The number of nitrogens with zero attached hydrogens (tertiary/aromatic N) is 1. The molecule has 9 heteroatoms. The molecule has 0 aliphatic heterocycles. The number of guanidine groups is 1. The number of hydrogen-bond donors (Lipinski definition) is 3. The second-order valence-corrected chi connectivity index (χ2v) is 9.45. The number of halogens is 1. The van der Waals surface area contributed by atoms with E-state index in [0.29, 0.717) is 26.9 Å². The van der Waals surface area contributed by atoms with Crippen molar-refractivity contribution >= 4 is 45.0 Å². The summed E-state index contributed by atoms with van der Waals surface area (Å²) in [7, 11) is -4.11. The molecule has 3 aromatic carbocycles. The fraction of sp³-hybridized carbons (Fsp3) is 0.0952. The topological polar surface area (TPSA) is 105 Å². The monoisotopic (exact) mass is 461 g/mol. The molecule has 0 aliphatic rings. The smallest absolute Gasteiger partial charge is 0.286 e. The summed E-state index contributed by atoms with van der Waals surface area (Å²) in [5, 5.41) is 12.7. The van der Waals surface area contributed by atoms with Crippen molar-refractivity contribution in [2.75, 3.05) is 5.32 Å². The molecule has 30 heavy (non-hydrogen) atoms. The molecule has 6 nitrogen and oxygen atoms in total. The van der Waals surface area contributed by atoms with Crippen molar-refractivity contribution in [2.45, 2.75) is 22.5 Å². The van der Waals surface area contributed by atoms with E-state index in [9.17, 15) is 13.5 Å². The number of nitrogens with one attached hydrogen (secondary N) is 1. The summed E-state index contributed by atoms with van der Waals surface area (Å²) >= 11 is 7.60. The lowest BCUT2D eigenvalue weighted by Crippen LogP contribution is -2.24. The van der Waals surface area contributed by atoms with Crippen LogP contribution in [-0.4, -0.2) is 19.5 Å². The number of thioether (sulfide) groups is 1. The summed E-state index contributed by atoms with van der Waals surface area (Å²) in [6.45, 7) is 1.73. The second kappa shape index (κ2) is 9.42. The third-order valence-corrected chi connectivity index (χ3v) is 7.07. The van der Waals surface area contributed by atoms with Crippen molar-refractivity contribution in [3.63, 3.8) is 0 Å². The van der Waals surface area contributed by atoms with Gasteiger partial charge >= 0.3 is 0 Å². The lowest BCUT2D eigenvalue weighted by molar-refractivity contribution is 0.475. The van der Waals surface area contributed by atoms with E-state index in [2.05, 4.69) is 9.71 Å². The van der Waals surface area contributed by atoms with Gasteiger partial charge in [-0.15, -0.1) is 16.2 Å². The summed E-state index contributed by atoms with van der Waals surface area (Å²) in [4.78, 5) is 0.523. The van der Waals surface area contributed by atoms with Gasteiger partial charge in [-0.05, 0) is 42.3 Å². The zero-order chi connectivity index (χ0) is 21.7. The molecule has 0 radical (unpaired) electrons. The molecule has 0 atom stereocenters. The minimum absolute atomic E-state index is 0.0172. The van der Waals surface area contributed by atoms with Crippen molar-refractivity contribution in [3.05, 3.63) is 82.9 Å². The molecule has 0 amide bonds. The van der Waals surface area contributed by atoms with Crippen molar-refractivity contribution in [1.29, 1.82) is 0 Å². The molecule has 0 aromatic heterocycles. The Kier molecular flexibility index (Phi) is 6.91. The first-order valence-corrected chi connectivity index (χ1v) is 11.7. The van der Waals surface area contributed by atoms with E-state index in [1.807, 2.05) is 30.3 Å². The molecule has 0 heterocycles. The minimum atomic E-state index is -4.11. The number of phenolic OH excluding ortho intramolecular Hbond substituents is 1. The van der Waals surface area contributed by atoms with Crippen molar-refractivity contribution in [1.82, 2.24) is 0 Å². The quantitative estimate of drug-likeness (QED) is 0.277. The van der Waals surface area contributed by atoms with E-state index in [1.54, 1.807) is 25.1 Å². The van der Waals surface area contributed by atoms with Gasteiger partial charge in [-0.25, -0.2) is 0 Å². The Bertz CT molecular complexity index is 1180. The Balaban J connectivity index is 1.90. The van der Waals surface area contributed by atoms with Gasteiger partial charge < -0.3 is 16.2 Å². The van der Waals surface area contributed by atoms with Gasteiger partial charge in [0.15, 0.2) is 0 Å². The lowest BCUT2D eigenvalue weighted by atomic mass is 10.2. The molecular weight excluding hydrogens is 442 g/mol. The van der Waals surface area contributed by atoms with E-state index < -0.39 is 10.0 Å². The summed E-state index contributed by atoms with van der Waals surface area (Å²) in [5.41, 5.74) is 7.89. The Hall–Kier alpha value is -2.68. The van der Waals surface area contributed by atoms with Crippen LogP contribution in [0.2, 0.25) is 5.02 Å². The van der Waals surface area contributed by atoms with Crippen LogP contribution in [0.1, 0.15) is 11.1 Å². The fourth-order valence-corrected chi connectivity index (χ4v) is 5.30. The van der Waals surface area contributed by atoms with Crippen LogP contribution >= 0.6 is 23.4 Å². The Labute approximate surface area is 184 Å². The van der Waals surface area contributed by atoms with E-state index in [1.165, 1.54) is 30.0 Å². The van der Waals surface area contributed by atoms with Crippen LogP contribution in [0.5, 0.6) is 5.75 Å². The average molecular weight is 462 g/mol. The van der Waals surface area contributed by atoms with Crippen molar-refractivity contribution in [2.24, 2.45) is 10.1 Å². The zero-order valence-electron chi connectivity index (χ0n) is 16.0. The molecule has 156 valence electrons. The molecular formula is C21H20ClN3O3S2. The number of rotatable bonds is 6. The maximum absolute atomic E-state index is 13.0. The van der Waals surface area contributed by atoms with Crippen LogP contribution in [0.3, 0.4) is 0 Å². The van der Waals surface area contributed by atoms with Crippen LogP contribution in [0.15, 0.2) is 80.9 Å². The standard InChI is InChI=1S/C21H20ClN3O3S2/c1-14-10-20(19(12-18(14)22)29-13-15-6-3-2-4-7-15)30(27,28)25-21(23)24-16-8-5-9-17(26)11-16/h2-12,26H,13H2,1H3,(H3,23,24,25). The van der Waals surface area contributed by atoms with Crippen LogP contribution in [0, 0.1) is 6.92 Å². The number of phenols is 1. The van der Waals surface area contributed by atoms with Crippen molar-refractivity contribution < 1.29 is 13.5 Å². The Morgan fingerprint density at radius 1 is 1.13 bits per heavy atom. The molecule has 4 N–H and O–H groups in total. The summed E-state index contributed by atoms with van der Waals surface area (Å²) < 4.78 is 29.7. The summed E-state index contributed by atoms with van der Waals surface area (Å²) in [6.07, 6.45) is 0. The molecule has 0 unspecified atom stereocenters.